The molecule has 0 fully saturated rings. The molecule has 0 radical (unpaired) electrons. The molecule has 3 unspecified atom stereocenters. The first-order valence-corrected chi connectivity index (χ1v) is 26.8. The molecular formula is C51H99N2O6P. The first-order valence-electron chi connectivity index (χ1n) is 25.4. The maximum Gasteiger partial charge on any atom is 0.268 e. The smallest absolute Gasteiger partial charge is 0.268 e. The maximum atomic E-state index is 12.9. The first kappa shape index (κ1) is 58.7. The molecule has 0 aromatic heterocycles. The predicted molar refractivity (Wildman–Crippen MR) is 256 cm³/mol. The van der Waals surface area contributed by atoms with Crippen molar-refractivity contribution in [1.29, 1.82) is 0 Å². The van der Waals surface area contributed by atoms with Gasteiger partial charge in [-0.1, -0.05) is 211 Å². The fourth-order valence-corrected chi connectivity index (χ4v) is 8.02. The van der Waals surface area contributed by atoms with Crippen LogP contribution in [0.1, 0.15) is 232 Å². The van der Waals surface area contributed by atoms with Crippen LogP contribution >= 0.6 is 7.82 Å². The number of nitrogens with one attached hydrogen (secondary N) is 1. The van der Waals surface area contributed by atoms with Crippen molar-refractivity contribution in [1.82, 2.24) is 5.32 Å². The number of hydrogen-bond donors (Lipinski definition) is 2. The minimum atomic E-state index is -4.59. The van der Waals surface area contributed by atoms with Gasteiger partial charge in [0.05, 0.1) is 39.9 Å². The van der Waals surface area contributed by atoms with E-state index < -0.39 is 20.0 Å². The van der Waals surface area contributed by atoms with Gasteiger partial charge in [-0.3, -0.25) is 9.36 Å². The van der Waals surface area contributed by atoms with Crippen LogP contribution in [-0.4, -0.2) is 68.5 Å². The number of nitrogens with zero attached hydrogens (tertiary/aromatic N) is 1. The molecule has 2 N–H and O–H groups in total. The average Bonchev–Trinajstić information content (AvgIpc) is 3.20. The van der Waals surface area contributed by atoms with Crippen LogP contribution in [0.15, 0.2) is 36.5 Å². The van der Waals surface area contributed by atoms with Crippen molar-refractivity contribution in [2.24, 2.45) is 0 Å². The molecule has 1 amide bonds. The van der Waals surface area contributed by atoms with Gasteiger partial charge >= 0.3 is 0 Å². The van der Waals surface area contributed by atoms with Gasteiger partial charge in [0.15, 0.2) is 0 Å². The zero-order chi connectivity index (χ0) is 44.3. The summed E-state index contributed by atoms with van der Waals surface area (Å²) in [7, 11) is 1.26. The second-order valence-corrected chi connectivity index (χ2v) is 19.9. The number of phosphoric ester groups is 1. The number of rotatable bonds is 46. The standard InChI is InChI=1S/C51H99N2O6P/c1-6-8-10-12-14-16-18-20-22-24-25-26-27-29-30-32-34-36-38-40-42-44-50(54)49(48-59-60(56,57)58-47-46-53(3,4)5)52-51(55)45-43-41-39-37-35-33-31-28-23-21-19-17-15-13-11-9-7-2/h15,17,21,23,42,44,49-50,54H,6-14,16,18-20,22,24-41,43,45-48H2,1-5H3,(H-,52,55,56,57)/b17-15-,23-21-,44-42+. The fourth-order valence-electron chi connectivity index (χ4n) is 7.30. The Bertz CT molecular complexity index is 1070. The molecular weight excluding hydrogens is 768 g/mol. The molecule has 0 aliphatic heterocycles. The number of likely N-dealkylation sites (N-methyl/N-ethyl adjacent to an activating group) is 1. The molecule has 9 heteroatoms. The Labute approximate surface area is 372 Å². The molecule has 0 heterocycles. The second kappa shape index (κ2) is 43.0. The first-order chi connectivity index (χ1) is 29.0. The van der Waals surface area contributed by atoms with Crippen molar-refractivity contribution in [2.45, 2.75) is 244 Å². The number of phosphoric acid groups is 1. The summed E-state index contributed by atoms with van der Waals surface area (Å²) in [5, 5.41) is 13.8. The van der Waals surface area contributed by atoms with Crippen molar-refractivity contribution in [2.75, 3.05) is 40.9 Å². The Kier molecular flexibility index (Phi) is 42.1. The number of carbonyl (C=O) groups is 1. The van der Waals surface area contributed by atoms with E-state index in [9.17, 15) is 19.4 Å². The predicted octanol–water partition coefficient (Wildman–Crippen LogP) is 14.0. The lowest BCUT2D eigenvalue weighted by atomic mass is 10.0. The molecule has 0 aliphatic carbocycles. The lowest BCUT2D eigenvalue weighted by Gasteiger charge is -2.29. The second-order valence-electron chi connectivity index (χ2n) is 18.5. The van der Waals surface area contributed by atoms with Crippen molar-refractivity contribution >= 4 is 13.7 Å². The summed E-state index contributed by atoms with van der Waals surface area (Å²) in [6.45, 7) is 4.63. The number of unbranched alkanes of at least 4 members (excludes halogenated alkanes) is 29. The number of allylic oxidation sites excluding steroid dienone is 5. The van der Waals surface area contributed by atoms with E-state index in [1.807, 2.05) is 27.2 Å². The van der Waals surface area contributed by atoms with Gasteiger partial charge in [0.1, 0.15) is 13.2 Å². The molecule has 8 nitrogen and oxygen atoms in total. The Balaban J connectivity index is 4.33. The highest BCUT2D eigenvalue weighted by Crippen LogP contribution is 2.38. The molecule has 0 rings (SSSR count). The van der Waals surface area contributed by atoms with Crippen molar-refractivity contribution in [3.63, 3.8) is 0 Å². The lowest BCUT2D eigenvalue weighted by molar-refractivity contribution is -0.870. The minimum Gasteiger partial charge on any atom is -0.756 e. The van der Waals surface area contributed by atoms with E-state index in [0.717, 1.165) is 57.8 Å². The number of carbonyl (C=O) groups excluding carboxylic acids is 1. The number of aliphatic hydroxyl groups excluding tert-OH is 1. The van der Waals surface area contributed by atoms with Crippen LogP contribution in [0, 0.1) is 0 Å². The molecule has 0 aliphatic rings. The van der Waals surface area contributed by atoms with E-state index in [1.54, 1.807) is 6.08 Å². The molecule has 0 bridgehead atoms. The number of quaternary nitrogens is 1. The number of amides is 1. The highest BCUT2D eigenvalue weighted by atomic mass is 31.2. The van der Waals surface area contributed by atoms with Crippen LogP contribution in [0.4, 0.5) is 0 Å². The molecule has 60 heavy (non-hydrogen) atoms. The van der Waals surface area contributed by atoms with E-state index in [-0.39, 0.29) is 19.1 Å². The molecule has 0 aromatic carbocycles. The summed E-state index contributed by atoms with van der Waals surface area (Å²) in [4.78, 5) is 25.4. The minimum absolute atomic E-state index is 0.00261. The van der Waals surface area contributed by atoms with Gasteiger partial charge < -0.3 is 28.8 Å². The van der Waals surface area contributed by atoms with Gasteiger partial charge in [-0.15, -0.1) is 0 Å². The van der Waals surface area contributed by atoms with Crippen molar-refractivity contribution < 1.29 is 32.9 Å². The fraction of sp³-hybridized carbons (Fsp3) is 0.863. The molecule has 0 saturated heterocycles. The zero-order valence-electron chi connectivity index (χ0n) is 40.2. The highest BCUT2D eigenvalue weighted by Gasteiger charge is 2.23. The third-order valence-corrected chi connectivity index (χ3v) is 12.3. The summed E-state index contributed by atoms with van der Waals surface area (Å²) < 4.78 is 23.3. The summed E-state index contributed by atoms with van der Waals surface area (Å²) in [6.07, 6.45) is 53.3. The largest absolute Gasteiger partial charge is 0.756 e. The zero-order valence-corrected chi connectivity index (χ0v) is 41.1. The van der Waals surface area contributed by atoms with Crippen LogP contribution in [0.3, 0.4) is 0 Å². The Morgan fingerprint density at radius 1 is 0.583 bits per heavy atom. The normalized spacial score (nSPS) is 14.4. The third-order valence-electron chi connectivity index (χ3n) is 11.3. The van der Waals surface area contributed by atoms with Gasteiger partial charge in [0.2, 0.25) is 5.91 Å². The quantitative estimate of drug-likeness (QED) is 0.0273. The Hall–Kier alpha value is -1.28. The Morgan fingerprint density at radius 2 is 0.967 bits per heavy atom. The molecule has 0 aromatic rings. The molecule has 0 saturated carbocycles. The summed E-state index contributed by atoms with van der Waals surface area (Å²) in [6, 6.07) is -0.890. The molecule has 0 spiro atoms. The maximum absolute atomic E-state index is 12.9. The highest BCUT2D eigenvalue weighted by molar-refractivity contribution is 7.45. The third kappa shape index (κ3) is 44.8. The number of aliphatic hydroxyl groups is 1. The number of hydrogen-bond acceptors (Lipinski definition) is 6. The van der Waals surface area contributed by atoms with Crippen LogP contribution in [0.5, 0.6) is 0 Å². The van der Waals surface area contributed by atoms with Crippen LogP contribution in [-0.2, 0) is 18.4 Å². The summed E-state index contributed by atoms with van der Waals surface area (Å²) >= 11 is 0. The van der Waals surface area contributed by atoms with Crippen LogP contribution in [0.2, 0.25) is 0 Å². The van der Waals surface area contributed by atoms with Gasteiger partial charge in [-0.25, -0.2) is 0 Å². The topological polar surface area (TPSA) is 108 Å². The SMILES string of the molecule is CCCCC/C=C\C/C=C\CCCCCCCCCC(=O)NC(COP(=O)([O-])OCC[N+](C)(C)C)C(O)/C=C/CCCCCCCCCCCCCCCCCCCCC. The van der Waals surface area contributed by atoms with Gasteiger partial charge in [-0.05, 0) is 51.4 Å². The van der Waals surface area contributed by atoms with E-state index in [2.05, 4.69) is 43.5 Å². The van der Waals surface area contributed by atoms with Crippen molar-refractivity contribution in [3.05, 3.63) is 36.5 Å². The van der Waals surface area contributed by atoms with E-state index in [1.165, 1.54) is 154 Å². The summed E-state index contributed by atoms with van der Waals surface area (Å²) in [5.41, 5.74) is 0. The monoisotopic (exact) mass is 867 g/mol. The average molecular weight is 867 g/mol. The van der Waals surface area contributed by atoms with Gasteiger partial charge in [0.25, 0.3) is 7.82 Å². The van der Waals surface area contributed by atoms with E-state index in [4.69, 9.17) is 9.05 Å². The van der Waals surface area contributed by atoms with E-state index in [0.29, 0.717) is 17.4 Å². The Morgan fingerprint density at radius 3 is 1.42 bits per heavy atom. The van der Waals surface area contributed by atoms with Crippen LogP contribution in [0.25, 0.3) is 0 Å². The molecule has 354 valence electrons. The lowest BCUT2D eigenvalue weighted by Crippen LogP contribution is -2.45. The van der Waals surface area contributed by atoms with Crippen LogP contribution < -0.4 is 10.2 Å². The van der Waals surface area contributed by atoms with Gasteiger partial charge in [-0.2, -0.15) is 0 Å². The molecule has 3 atom stereocenters. The van der Waals surface area contributed by atoms with Gasteiger partial charge in [0, 0.05) is 6.42 Å². The van der Waals surface area contributed by atoms with Crippen molar-refractivity contribution in [3.8, 4) is 0 Å². The summed E-state index contributed by atoms with van der Waals surface area (Å²) in [5.74, 6) is -0.205. The van der Waals surface area contributed by atoms with E-state index >= 15 is 0 Å².